The van der Waals surface area contributed by atoms with Crippen LogP contribution in [0.25, 0.3) is 0 Å². The lowest BCUT2D eigenvalue weighted by Gasteiger charge is -2.67. The van der Waals surface area contributed by atoms with E-state index < -0.39 is 0 Å². The highest BCUT2D eigenvalue weighted by Gasteiger charge is 2.66. The molecule has 8 atom stereocenters. The normalized spacial score (nSPS) is 49.1. The number of hydrogen-bond acceptors (Lipinski definition) is 3. The maximum absolute atomic E-state index is 14.1. The second kappa shape index (κ2) is 6.39. The van der Waals surface area contributed by atoms with Gasteiger partial charge in [0.25, 0.3) is 0 Å². The van der Waals surface area contributed by atoms with Gasteiger partial charge in [-0.2, -0.15) is 0 Å². The van der Waals surface area contributed by atoms with Crippen molar-refractivity contribution >= 4 is 5.78 Å². The highest BCUT2D eigenvalue weighted by molar-refractivity contribution is 5.95. The number of ketones is 1. The zero-order chi connectivity index (χ0) is 22.7. The SMILES string of the molecule is C[C@@H]1c2oncc2C[C@]2(C)C3=CC(=O)[C@@H]4[C@@H]5CC(C)(C)CC[C@@H]5CC[C@@]4(C)[C@]3(C)CC[C@@H]12. The van der Waals surface area contributed by atoms with Gasteiger partial charge in [-0.25, -0.2) is 0 Å². The zero-order valence-corrected chi connectivity index (χ0v) is 21.0. The highest BCUT2D eigenvalue weighted by Crippen LogP contribution is 2.72. The van der Waals surface area contributed by atoms with Gasteiger partial charge >= 0.3 is 0 Å². The average Bonchev–Trinajstić information content (AvgIpc) is 3.17. The van der Waals surface area contributed by atoms with Gasteiger partial charge in [0.1, 0.15) is 5.76 Å². The van der Waals surface area contributed by atoms with E-state index in [9.17, 15) is 4.79 Å². The van der Waals surface area contributed by atoms with Crippen LogP contribution in [0.1, 0.15) is 104 Å². The molecule has 0 N–H and O–H groups in total. The molecule has 5 aliphatic carbocycles. The minimum atomic E-state index is 0.0251. The average molecular weight is 436 g/mol. The molecule has 0 aromatic carbocycles. The number of allylic oxidation sites excluding steroid dienone is 2. The summed E-state index contributed by atoms with van der Waals surface area (Å²) >= 11 is 0. The van der Waals surface area contributed by atoms with Gasteiger partial charge in [0.2, 0.25) is 0 Å². The first-order valence-electron chi connectivity index (χ1n) is 13.2. The van der Waals surface area contributed by atoms with E-state index in [0.29, 0.717) is 29.0 Å². The van der Waals surface area contributed by atoms with E-state index in [2.05, 4.69) is 52.8 Å². The molecule has 0 bridgehead atoms. The molecule has 3 heteroatoms. The van der Waals surface area contributed by atoms with Gasteiger partial charge in [0.05, 0.1) is 6.20 Å². The second-order valence-electron chi connectivity index (χ2n) is 13.8. The molecular weight excluding hydrogens is 394 g/mol. The van der Waals surface area contributed by atoms with Gasteiger partial charge in [-0.15, -0.1) is 0 Å². The van der Waals surface area contributed by atoms with Crippen LogP contribution in [0, 0.1) is 45.3 Å². The summed E-state index contributed by atoms with van der Waals surface area (Å²) in [5.74, 6) is 3.98. The van der Waals surface area contributed by atoms with Crippen molar-refractivity contribution in [3.05, 3.63) is 29.2 Å². The Balaban J connectivity index is 1.47. The van der Waals surface area contributed by atoms with E-state index in [1.165, 1.54) is 56.1 Å². The van der Waals surface area contributed by atoms with Gasteiger partial charge in [-0.3, -0.25) is 4.79 Å². The molecule has 0 radical (unpaired) electrons. The standard InChI is InChI=1S/C29H41NO2/c1-17-21-9-12-28(5)23(27(21,4)14-19-16-30-32-25(17)19)13-22(31)24-20-15-26(2,3)10-7-18(20)8-11-29(24,28)6/h13,16-18,20-21,24H,7-12,14-15H2,1-6H3/t17-,18+,20+,21-,24-,27-,28+,29+/m0/s1. The first kappa shape index (κ1) is 21.2. The lowest BCUT2D eigenvalue weighted by molar-refractivity contribution is -0.153. The van der Waals surface area contributed by atoms with E-state index in [1.54, 1.807) is 0 Å². The predicted molar refractivity (Wildman–Crippen MR) is 126 cm³/mol. The Morgan fingerprint density at radius 1 is 1.03 bits per heavy atom. The Labute approximate surface area is 193 Å². The Kier molecular flexibility index (Phi) is 4.23. The van der Waals surface area contributed by atoms with Crippen LogP contribution in [0.2, 0.25) is 0 Å². The van der Waals surface area contributed by atoms with E-state index in [4.69, 9.17) is 4.52 Å². The maximum atomic E-state index is 14.1. The Morgan fingerprint density at radius 2 is 1.78 bits per heavy atom. The molecule has 0 spiro atoms. The molecule has 1 aromatic rings. The van der Waals surface area contributed by atoms with Gasteiger partial charge in [-0.1, -0.05) is 52.3 Å². The third-order valence-corrected chi connectivity index (χ3v) is 11.8. The summed E-state index contributed by atoms with van der Waals surface area (Å²) in [6.45, 7) is 14.7. The van der Waals surface area contributed by atoms with Crippen molar-refractivity contribution in [1.29, 1.82) is 0 Å². The number of fused-ring (bicyclic) bond motifs is 8. The van der Waals surface area contributed by atoms with Crippen molar-refractivity contribution in [3.8, 4) is 0 Å². The first-order chi connectivity index (χ1) is 15.0. The number of carbonyl (C=O) groups excluding carboxylic acids is 1. The lowest BCUT2D eigenvalue weighted by atomic mass is 9.36. The number of aromatic nitrogens is 1. The predicted octanol–water partition coefficient (Wildman–Crippen LogP) is 7.12. The molecule has 1 heterocycles. The Bertz CT molecular complexity index is 1000. The van der Waals surface area contributed by atoms with Gasteiger partial charge in [0.15, 0.2) is 5.78 Å². The molecule has 0 amide bonds. The van der Waals surface area contributed by atoms with Crippen LogP contribution >= 0.6 is 0 Å². The Hall–Kier alpha value is -1.38. The van der Waals surface area contributed by atoms with Crippen molar-refractivity contribution in [1.82, 2.24) is 5.16 Å². The number of hydrogen-bond donors (Lipinski definition) is 0. The fourth-order valence-corrected chi connectivity index (χ4v) is 9.96. The van der Waals surface area contributed by atoms with Crippen LogP contribution in [0.5, 0.6) is 0 Å². The summed E-state index contributed by atoms with van der Waals surface area (Å²) in [6, 6.07) is 0. The third kappa shape index (κ3) is 2.49. The van der Waals surface area contributed by atoms with E-state index in [0.717, 1.165) is 18.1 Å². The van der Waals surface area contributed by atoms with E-state index >= 15 is 0 Å². The Morgan fingerprint density at radius 3 is 2.56 bits per heavy atom. The van der Waals surface area contributed by atoms with Crippen LogP contribution in [-0.4, -0.2) is 10.9 Å². The van der Waals surface area contributed by atoms with Crippen LogP contribution in [0.3, 0.4) is 0 Å². The number of rotatable bonds is 0. The minimum absolute atomic E-state index is 0.0251. The molecule has 3 nitrogen and oxygen atoms in total. The van der Waals surface area contributed by atoms with Crippen molar-refractivity contribution < 1.29 is 9.32 Å². The molecule has 1 aromatic heterocycles. The van der Waals surface area contributed by atoms with E-state index in [1.807, 2.05) is 6.20 Å². The summed E-state index contributed by atoms with van der Waals surface area (Å²) < 4.78 is 5.69. The third-order valence-electron chi connectivity index (χ3n) is 11.8. The van der Waals surface area contributed by atoms with Crippen LogP contribution in [0.15, 0.2) is 22.4 Å². The molecule has 3 fully saturated rings. The van der Waals surface area contributed by atoms with Crippen LogP contribution in [-0.2, 0) is 11.2 Å². The summed E-state index contributed by atoms with van der Waals surface area (Å²) in [6.07, 6.45) is 13.9. The smallest absolute Gasteiger partial charge is 0.159 e. The van der Waals surface area contributed by atoms with Crippen LogP contribution in [0.4, 0.5) is 0 Å². The highest BCUT2D eigenvalue weighted by atomic mass is 16.5. The zero-order valence-electron chi connectivity index (χ0n) is 21.0. The summed E-state index contributed by atoms with van der Waals surface area (Å²) in [4.78, 5) is 14.1. The summed E-state index contributed by atoms with van der Waals surface area (Å²) in [7, 11) is 0. The number of nitrogens with zero attached hydrogens (tertiary/aromatic N) is 1. The van der Waals surface area contributed by atoms with Crippen molar-refractivity contribution in [2.45, 2.75) is 98.8 Å². The van der Waals surface area contributed by atoms with Gasteiger partial charge in [0, 0.05) is 17.4 Å². The molecule has 5 aliphatic rings. The number of carbonyl (C=O) groups is 1. The lowest BCUT2D eigenvalue weighted by Crippen LogP contribution is -2.62. The van der Waals surface area contributed by atoms with Gasteiger partial charge in [-0.05, 0) is 96.9 Å². The largest absolute Gasteiger partial charge is 0.361 e. The van der Waals surface area contributed by atoms with E-state index in [-0.39, 0.29) is 22.2 Å². The molecule has 174 valence electrons. The molecule has 0 unspecified atom stereocenters. The topological polar surface area (TPSA) is 43.1 Å². The quantitative estimate of drug-likeness (QED) is 0.435. The fraction of sp³-hybridized carbons (Fsp3) is 0.793. The van der Waals surface area contributed by atoms with Crippen molar-refractivity contribution in [2.75, 3.05) is 0 Å². The van der Waals surface area contributed by atoms with Crippen LogP contribution < -0.4 is 0 Å². The van der Waals surface area contributed by atoms with Crippen molar-refractivity contribution in [2.24, 2.45) is 45.3 Å². The monoisotopic (exact) mass is 435 g/mol. The minimum Gasteiger partial charge on any atom is -0.361 e. The van der Waals surface area contributed by atoms with Crippen molar-refractivity contribution in [3.63, 3.8) is 0 Å². The first-order valence-corrected chi connectivity index (χ1v) is 13.2. The molecule has 6 rings (SSSR count). The molecule has 0 aliphatic heterocycles. The summed E-state index contributed by atoms with van der Waals surface area (Å²) in [5.41, 5.74) is 3.32. The molecule has 3 saturated carbocycles. The summed E-state index contributed by atoms with van der Waals surface area (Å²) in [5, 5.41) is 4.16. The molecular formula is C29H41NO2. The van der Waals surface area contributed by atoms with Gasteiger partial charge < -0.3 is 4.52 Å². The molecule has 32 heavy (non-hydrogen) atoms. The maximum Gasteiger partial charge on any atom is 0.159 e. The second-order valence-corrected chi connectivity index (χ2v) is 13.8. The fourth-order valence-electron chi connectivity index (χ4n) is 9.96. The molecule has 0 saturated heterocycles.